The van der Waals surface area contributed by atoms with Crippen LogP contribution in [0.2, 0.25) is 0 Å². The zero-order valence-corrected chi connectivity index (χ0v) is 13.7. The van der Waals surface area contributed by atoms with Gasteiger partial charge in [-0.1, -0.05) is 0 Å². The van der Waals surface area contributed by atoms with Gasteiger partial charge in [-0.05, 0) is 39.3 Å². The number of aliphatic hydroxyl groups excluding tert-OH is 1. The van der Waals surface area contributed by atoms with E-state index in [0.717, 1.165) is 5.56 Å². The minimum atomic E-state index is -0.122. The second-order valence-corrected chi connectivity index (χ2v) is 6.79. The fraction of sp³-hybridized carbons (Fsp3) is 0.438. The zero-order chi connectivity index (χ0) is 15.6. The van der Waals surface area contributed by atoms with Crippen LogP contribution in [0, 0.1) is 20.8 Å². The Hall–Kier alpha value is -1.43. The molecule has 0 bridgehead atoms. The van der Waals surface area contributed by atoms with E-state index in [4.69, 9.17) is 0 Å². The minimum absolute atomic E-state index is 0.122. The third-order valence-electron chi connectivity index (χ3n) is 3.73. The summed E-state index contributed by atoms with van der Waals surface area (Å²) < 4.78 is 0. The summed E-state index contributed by atoms with van der Waals surface area (Å²) in [6.07, 6.45) is 1.62. The number of aliphatic hydroxyl groups is 1. The van der Waals surface area contributed by atoms with Crippen LogP contribution in [0.4, 0.5) is 0 Å². The molecule has 0 fully saturated rings. The summed E-state index contributed by atoms with van der Waals surface area (Å²) in [6.45, 7) is 8.48. The topological polar surface area (TPSA) is 65.4 Å². The average Bonchev–Trinajstić information content (AvgIpc) is 2.79. The van der Waals surface area contributed by atoms with Crippen molar-refractivity contribution < 1.29 is 10.2 Å². The Morgan fingerprint density at radius 3 is 2.62 bits per heavy atom. The maximum Gasteiger partial charge on any atom is 0.141 e. The van der Waals surface area contributed by atoms with Crippen molar-refractivity contribution in [1.29, 1.82) is 0 Å². The summed E-state index contributed by atoms with van der Waals surface area (Å²) in [6, 6.07) is 2.39. The summed E-state index contributed by atoms with van der Waals surface area (Å²) in [4.78, 5) is 6.69. The van der Waals surface area contributed by atoms with E-state index in [-0.39, 0.29) is 18.4 Å². The van der Waals surface area contributed by atoms with E-state index in [9.17, 15) is 10.2 Å². The van der Waals surface area contributed by atoms with Crippen molar-refractivity contribution in [2.45, 2.75) is 46.9 Å². The molecule has 114 valence electrons. The molecule has 2 aromatic rings. The second kappa shape index (κ2) is 6.56. The van der Waals surface area contributed by atoms with Crippen LogP contribution in [0.5, 0.6) is 5.75 Å². The van der Waals surface area contributed by atoms with Crippen LogP contribution in [-0.4, -0.2) is 15.2 Å². The molecule has 3 N–H and O–H groups in total. The first-order valence-electron chi connectivity index (χ1n) is 7.01. The minimum Gasteiger partial charge on any atom is -0.506 e. The lowest BCUT2D eigenvalue weighted by Gasteiger charge is -2.17. The van der Waals surface area contributed by atoms with E-state index in [0.29, 0.717) is 17.8 Å². The summed E-state index contributed by atoms with van der Waals surface area (Å²) in [5.41, 5.74) is 3.25. The number of aromatic hydroxyl groups is 1. The van der Waals surface area contributed by atoms with Gasteiger partial charge in [-0.15, -0.1) is 11.3 Å². The van der Waals surface area contributed by atoms with E-state index in [1.165, 1.54) is 15.3 Å². The van der Waals surface area contributed by atoms with E-state index in [2.05, 4.69) is 37.1 Å². The van der Waals surface area contributed by atoms with Gasteiger partial charge in [0.15, 0.2) is 0 Å². The van der Waals surface area contributed by atoms with Crippen molar-refractivity contribution in [1.82, 2.24) is 10.3 Å². The van der Waals surface area contributed by atoms with Gasteiger partial charge in [-0.3, -0.25) is 4.98 Å². The first-order valence-corrected chi connectivity index (χ1v) is 7.83. The molecule has 2 rings (SSSR count). The molecule has 0 aliphatic carbocycles. The molecule has 0 aromatic carbocycles. The van der Waals surface area contributed by atoms with Gasteiger partial charge in [0, 0.05) is 39.7 Å². The number of aryl methyl sites for hydroxylation is 3. The lowest BCUT2D eigenvalue weighted by Crippen LogP contribution is -2.19. The number of nitrogens with one attached hydrogen (secondary N) is 1. The Morgan fingerprint density at radius 2 is 2.05 bits per heavy atom. The van der Waals surface area contributed by atoms with Gasteiger partial charge in [0.25, 0.3) is 0 Å². The number of aromatic nitrogens is 1. The Labute approximate surface area is 129 Å². The number of hydrogen-bond acceptors (Lipinski definition) is 5. The highest BCUT2D eigenvalue weighted by Gasteiger charge is 2.15. The van der Waals surface area contributed by atoms with Crippen LogP contribution in [-0.2, 0) is 13.2 Å². The smallest absolute Gasteiger partial charge is 0.141 e. The van der Waals surface area contributed by atoms with Crippen LogP contribution >= 0.6 is 11.3 Å². The lowest BCUT2D eigenvalue weighted by atomic mass is 10.1. The molecule has 0 saturated heterocycles. The predicted molar refractivity (Wildman–Crippen MR) is 85.6 cm³/mol. The molecule has 0 radical (unpaired) electrons. The molecule has 0 saturated carbocycles. The SMILES string of the molecule is Cc1cc(C(C)NCc2c(CO)cnc(C)c2O)c(C)s1. The number of thiophene rings is 1. The van der Waals surface area contributed by atoms with Gasteiger partial charge in [0.2, 0.25) is 0 Å². The highest BCUT2D eigenvalue weighted by molar-refractivity contribution is 7.12. The quantitative estimate of drug-likeness (QED) is 0.794. The predicted octanol–water partition coefficient (Wildman–Crippen LogP) is 3.12. The monoisotopic (exact) mass is 306 g/mol. The molecule has 2 heterocycles. The third kappa shape index (κ3) is 3.43. The molecule has 4 nitrogen and oxygen atoms in total. The molecule has 0 amide bonds. The molecule has 2 aromatic heterocycles. The molecule has 0 spiro atoms. The highest BCUT2D eigenvalue weighted by atomic mass is 32.1. The Bertz CT molecular complexity index is 637. The first-order chi connectivity index (χ1) is 9.93. The number of rotatable bonds is 5. The van der Waals surface area contributed by atoms with Gasteiger partial charge < -0.3 is 15.5 Å². The fourth-order valence-electron chi connectivity index (χ4n) is 2.46. The van der Waals surface area contributed by atoms with Crippen LogP contribution in [0.15, 0.2) is 12.3 Å². The van der Waals surface area contributed by atoms with Crippen LogP contribution in [0.1, 0.15) is 45.1 Å². The number of pyridine rings is 1. The lowest BCUT2D eigenvalue weighted by molar-refractivity contribution is 0.278. The fourth-order valence-corrected chi connectivity index (χ4v) is 3.49. The molecule has 21 heavy (non-hydrogen) atoms. The Morgan fingerprint density at radius 1 is 1.33 bits per heavy atom. The molecule has 1 atom stereocenters. The van der Waals surface area contributed by atoms with E-state index >= 15 is 0 Å². The maximum absolute atomic E-state index is 10.1. The van der Waals surface area contributed by atoms with Gasteiger partial charge in [0.05, 0.1) is 12.3 Å². The van der Waals surface area contributed by atoms with Gasteiger partial charge in [-0.25, -0.2) is 0 Å². The second-order valence-electron chi connectivity index (χ2n) is 5.33. The van der Waals surface area contributed by atoms with Crippen molar-refractivity contribution in [3.8, 4) is 5.75 Å². The van der Waals surface area contributed by atoms with Crippen molar-refractivity contribution in [3.05, 3.63) is 44.4 Å². The summed E-state index contributed by atoms with van der Waals surface area (Å²) in [5.74, 6) is 0.166. The zero-order valence-electron chi connectivity index (χ0n) is 12.9. The standard InChI is InChI=1S/C16H22N2O2S/c1-9-5-14(12(4)21-9)10(2)18-7-15-13(8-19)6-17-11(3)16(15)20/h5-6,10,18-20H,7-8H2,1-4H3. The molecular formula is C16H22N2O2S. The van der Waals surface area contributed by atoms with Gasteiger partial charge in [0.1, 0.15) is 5.75 Å². The van der Waals surface area contributed by atoms with E-state index < -0.39 is 0 Å². The molecular weight excluding hydrogens is 284 g/mol. The van der Waals surface area contributed by atoms with Crippen LogP contribution < -0.4 is 5.32 Å². The largest absolute Gasteiger partial charge is 0.506 e. The first kappa shape index (κ1) is 15.9. The molecule has 5 heteroatoms. The Balaban J connectivity index is 2.16. The molecule has 1 unspecified atom stereocenters. The van der Waals surface area contributed by atoms with E-state index in [1.54, 1.807) is 24.5 Å². The van der Waals surface area contributed by atoms with Crippen molar-refractivity contribution in [2.24, 2.45) is 0 Å². The third-order valence-corrected chi connectivity index (χ3v) is 4.71. The molecule has 0 aliphatic rings. The van der Waals surface area contributed by atoms with Gasteiger partial charge in [-0.2, -0.15) is 0 Å². The average molecular weight is 306 g/mol. The number of nitrogens with zero attached hydrogens (tertiary/aromatic N) is 1. The normalized spacial score (nSPS) is 12.6. The van der Waals surface area contributed by atoms with E-state index in [1.807, 2.05) is 0 Å². The Kier molecular flexibility index (Phi) is 4.98. The van der Waals surface area contributed by atoms with Crippen LogP contribution in [0.3, 0.4) is 0 Å². The summed E-state index contributed by atoms with van der Waals surface area (Å²) >= 11 is 1.79. The van der Waals surface area contributed by atoms with Gasteiger partial charge >= 0.3 is 0 Å². The highest BCUT2D eigenvalue weighted by Crippen LogP contribution is 2.28. The number of hydrogen-bond donors (Lipinski definition) is 3. The summed E-state index contributed by atoms with van der Waals surface area (Å²) in [7, 11) is 0. The van der Waals surface area contributed by atoms with Crippen LogP contribution in [0.25, 0.3) is 0 Å². The van der Waals surface area contributed by atoms with Crippen molar-refractivity contribution >= 4 is 11.3 Å². The van der Waals surface area contributed by atoms with Crippen molar-refractivity contribution in [3.63, 3.8) is 0 Å². The summed E-state index contributed by atoms with van der Waals surface area (Å²) in [5, 5.41) is 22.9. The van der Waals surface area contributed by atoms with Crippen molar-refractivity contribution in [2.75, 3.05) is 0 Å². The molecule has 0 aliphatic heterocycles. The maximum atomic E-state index is 10.1.